The molecule has 0 amide bonds. The maximum Gasteiger partial charge on any atom is 0.330 e. The Bertz CT molecular complexity index is 918. The third-order valence-electron chi connectivity index (χ3n) is 4.06. The van der Waals surface area contributed by atoms with Gasteiger partial charge in [-0.15, -0.1) is 0 Å². The molecule has 0 saturated heterocycles. The summed E-state index contributed by atoms with van der Waals surface area (Å²) in [6.45, 7) is 0.868. The van der Waals surface area contributed by atoms with Crippen LogP contribution in [-0.4, -0.2) is 13.1 Å². The molecule has 0 saturated carbocycles. The highest BCUT2D eigenvalue weighted by Gasteiger charge is 2.08. The highest BCUT2D eigenvalue weighted by molar-refractivity contribution is 5.87. The lowest BCUT2D eigenvalue weighted by atomic mass is 10.2. The number of rotatable bonds is 8. The lowest BCUT2D eigenvalue weighted by Crippen LogP contribution is -2.01. The Kier molecular flexibility index (Phi) is 6.85. The van der Waals surface area contributed by atoms with Crippen LogP contribution in [0.3, 0.4) is 0 Å². The van der Waals surface area contributed by atoms with Gasteiger partial charge in [-0.3, -0.25) is 0 Å². The third kappa shape index (κ3) is 5.74. The van der Waals surface area contributed by atoms with Gasteiger partial charge in [0.15, 0.2) is 11.5 Å². The zero-order valence-electron chi connectivity index (χ0n) is 15.7. The molecule has 3 rings (SSSR count). The molecule has 0 spiro atoms. The largest absolute Gasteiger partial charge is 0.485 e. The first-order valence-corrected chi connectivity index (χ1v) is 8.98. The van der Waals surface area contributed by atoms with Gasteiger partial charge >= 0.3 is 5.97 Å². The molecule has 0 aromatic heterocycles. The van der Waals surface area contributed by atoms with Gasteiger partial charge in [-0.05, 0) is 34.9 Å². The Hall–Kier alpha value is -3.53. The standard InChI is InChI=1S/C24H22O4/c1-26-24(25)15-13-19-12-14-22(27-17-20-8-4-2-5-9-20)23(16-19)28-18-21-10-6-3-7-11-21/h2-16H,17-18H2,1H3. The molecule has 0 bridgehead atoms. The Balaban J connectivity index is 1.77. The van der Waals surface area contributed by atoms with E-state index >= 15 is 0 Å². The number of carbonyl (C=O) groups is 1. The lowest BCUT2D eigenvalue weighted by Gasteiger charge is -2.14. The highest BCUT2D eigenvalue weighted by atomic mass is 16.5. The van der Waals surface area contributed by atoms with Crippen molar-refractivity contribution in [1.29, 1.82) is 0 Å². The number of hydrogen-bond acceptors (Lipinski definition) is 4. The number of carbonyl (C=O) groups excluding carboxylic acids is 1. The zero-order valence-corrected chi connectivity index (χ0v) is 15.7. The van der Waals surface area contributed by atoms with Crippen LogP contribution in [0, 0.1) is 0 Å². The topological polar surface area (TPSA) is 44.8 Å². The summed E-state index contributed by atoms with van der Waals surface area (Å²) in [7, 11) is 1.35. The van der Waals surface area contributed by atoms with Crippen molar-refractivity contribution in [3.8, 4) is 11.5 Å². The maximum atomic E-state index is 11.3. The van der Waals surface area contributed by atoms with Crippen molar-refractivity contribution >= 4 is 12.0 Å². The van der Waals surface area contributed by atoms with Crippen LogP contribution < -0.4 is 9.47 Å². The third-order valence-corrected chi connectivity index (χ3v) is 4.06. The van der Waals surface area contributed by atoms with Crippen molar-refractivity contribution in [3.63, 3.8) is 0 Å². The summed E-state index contributed by atoms with van der Waals surface area (Å²) < 4.78 is 16.6. The molecule has 0 aliphatic heterocycles. The van der Waals surface area contributed by atoms with Gasteiger partial charge in [0.05, 0.1) is 7.11 Å². The normalized spacial score (nSPS) is 10.6. The summed E-state index contributed by atoms with van der Waals surface area (Å²) in [4.78, 5) is 11.3. The SMILES string of the molecule is COC(=O)C=Cc1ccc(OCc2ccccc2)c(OCc2ccccc2)c1. The molecule has 0 aliphatic rings. The van der Waals surface area contributed by atoms with E-state index in [9.17, 15) is 4.79 Å². The van der Waals surface area contributed by atoms with Crippen LogP contribution in [0.15, 0.2) is 84.9 Å². The number of benzene rings is 3. The number of ether oxygens (including phenoxy) is 3. The van der Waals surface area contributed by atoms with Gasteiger partial charge in [-0.2, -0.15) is 0 Å². The smallest absolute Gasteiger partial charge is 0.330 e. The molecule has 0 aliphatic carbocycles. The number of methoxy groups -OCH3 is 1. The predicted molar refractivity (Wildman–Crippen MR) is 109 cm³/mol. The Morgan fingerprint density at radius 1 is 0.786 bits per heavy atom. The first kappa shape index (κ1) is 19.2. The predicted octanol–water partition coefficient (Wildman–Crippen LogP) is 5.03. The molecule has 0 fully saturated rings. The van der Waals surface area contributed by atoms with Gasteiger partial charge in [0.25, 0.3) is 0 Å². The molecule has 0 N–H and O–H groups in total. The van der Waals surface area contributed by atoms with Gasteiger partial charge in [0.2, 0.25) is 0 Å². The summed E-state index contributed by atoms with van der Waals surface area (Å²) in [6, 6.07) is 25.4. The van der Waals surface area contributed by atoms with Crippen molar-refractivity contribution in [2.75, 3.05) is 7.11 Å². The second-order valence-electron chi connectivity index (χ2n) is 6.11. The minimum absolute atomic E-state index is 0.406. The van der Waals surface area contributed by atoms with E-state index in [1.165, 1.54) is 13.2 Å². The summed E-state index contributed by atoms with van der Waals surface area (Å²) >= 11 is 0. The molecule has 4 nitrogen and oxygen atoms in total. The lowest BCUT2D eigenvalue weighted by molar-refractivity contribution is -0.134. The van der Waals surface area contributed by atoms with E-state index in [2.05, 4.69) is 4.74 Å². The van der Waals surface area contributed by atoms with Gasteiger partial charge < -0.3 is 14.2 Å². The molecule has 142 valence electrons. The second kappa shape index (κ2) is 9.97. The van der Waals surface area contributed by atoms with E-state index in [0.29, 0.717) is 24.7 Å². The number of esters is 1. The van der Waals surface area contributed by atoms with E-state index in [4.69, 9.17) is 9.47 Å². The van der Waals surface area contributed by atoms with E-state index < -0.39 is 5.97 Å². The first-order valence-electron chi connectivity index (χ1n) is 8.98. The fourth-order valence-electron chi connectivity index (χ4n) is 2.56. The second-order valence-corrected chi connectivity index (χ2v) is 6.11. The van der Waals surface area contributed by atoms with E-state index in [1.807, 2.05) is 78.9 Å². The fraction of sp³-hybridized carbons (Fsp3) is 0.125. The zero-order chi connectivity index (χ0) is 19.6. The molecule has 0 atom stereocenters. The van der Waals surface area contributed by atoms with Crippen LogP contribution in [0.2, 0.25) is 0 Å². The average Bonchev–Trinajstić information content (AvgIpc) is 2.76. The van der Waals surface area contributed by atoms with Crippen LogP contribution in [0.1, 0.15) is 16.7 Å². The summed E-state index contributed by atoms with van der Waals surface area (Å²) in [5, 5.41) is 0. The Labute approximate surface area is 165 Å². The molecule has 4 heteroatoms. The van der Waals surface area contributed by atoms with Gasteiger partial charge in [0.1, 0.15) is 13.2 Å². The van der Waals surface area contributed by atoms with Crippen LogP contribution in [0.5, 0.6) is 11.5 Å². The minimum Gasteiger partial charge on any atom is -0.485 e. The van der Waals surface area contributed by atoms with E-state index in [1.54, 1.807) is 6.08 Å². The van der Waals surface area contributed by atoms with Gasteiger partial charge in [0, 0.05) is 6.08 Å². The summed E-state index contributed by atoms with van der Waals surface area (Å²) in [5.74, 6) is 0.859. The van der Waals surface area contributed by atoms with Crippen LogP contribution in [0.4, 0.5) is 0 Å². The number of hydrogen-bond donors (Lipinski definition) is 0. The van der Waals surface area contributed by atoms with Crippen LogP contribution in [0.25, 0.3) is 6.08 Å². The summed E-state index contributed by atoms with van der Waals surface area (Å²) in [5.41, 5.74) is 2.96. The van der Waals surface area contributed by atoms with Crippen LogP contribution >= 0.6 is 0 Å². The molecule has 0 unspecified atom stereocenters. The molecular formula is C24H22O4. The molecule has 0 heterocycles. The quantitative estimate of drug-likeness (QED) is 0.410. The maximum absolute atomic E-state index is 11.3. The average molecular weight is 374 g/mol. The molecular weight excluding hydrogens is 352 g/mol. The van der Waals surface area contributed by atoms with E-state index in [0.717, 1.165) is 16.7 Å². The monoisotopic (exact) mass is 374 g/mol. The van der Waals surface area contributed by atoms with E-state index in [-0.39, 0.29) is 0 Å². The van der Waals surface area contributed by atoms with Crippen molar-refractivity contribution in [2.45, 2.75) is 13.2 Å². The Morgan fingerprint density at radius 3 is 1.93 bits per heavy atom. The first-order chi connectivity index (χ1) is 13.7. The minimum atomic E-state index is -0.406. The Morgan fingerprint density at radius 2 is 1.36 bits per heavy atom. The summed E-state index contributed by atoms with van der Waals surface area (Å²) in [6.07, 6.45) is 3.06. The van der Waals surface area contributed by atoms with Crippen molar-refractivity contribution in [3.05, 3.63) is 102 Å². The van der Waals surface area contributed by atoms with Crippen molar-refractivity contribution in [2.24, 2.45) is 0 Å². The fourth-order valence-corrected chi connectivity index (χ4v) is 2.56. The molecule has 3 aromatic rings. The molecule has 28 heavy (non-hydrogen) atoms. The van der Waals surface area contributed by atoms with Gasteiger partial charge in [-0.1, -0.05) is 66.7 Å². The molecule has 0 radical (unpaired) electrons. The highest BCUT2D eigenvalue weighted by Crippen LogP contribution is 2.30. The van der Waals surface area contributed by atoms with Crippen molar-refractivity contribution < 1.29 is 19.0 Å². The van der Waals surface area contributed by atoms with Crippen molar-refractivity contribution in [1.82, 2.24) is 0 Å². The molecule has 3 aromatic carbocycles. The van der Waals surface area contributed by atoms with Crippen LogP contribution in [-0.2, 0) is 22.7 Å². The van der Waals surface area contributed by atoms with Gasteiger partial charge in [-0.25, -0.2) is 4.79 Å².